The molecule has 0 bridgehead atoms. The second-order valence-corrected chi connectivity index (χ2v) is 14.0. The summed E-state index contributed by atoms with van der Waals surface area (Å²) < 4.78 is 24.8. The van der Waals surface area contributed by atoms with E-state index in [1.165, 1.54) is 12.7 Å². The molecule has 298 valence electrons. The number of hydrogen-bond acceptors (Lipinski definition) is 18. The number of nitrogens with two attached hydrogens (primary N) is 4. The molecule has 4 aromatic rings. The van der Waals surface area contributed by atoms with Crippen LogP contribution in [0.25, 0.3) is 22.3 Å². The summed E-state index contributed by atoms with van der Waals surface area (Å²) in [5.41, 5.74) is 28.1. The highest BCUT2D eigenvalue weighted by Gasteiger charge is 2.49. The van der Waals surface area contributed by atoms with Gasteiger partial charge in [-0.05, 0) is 32.1 Å². The van der Waals surface area contributed by atoms with Gasteiger partial charge in [0.1, 0.15) is 54.2 Å². The van der Waals surface area contributed by atoms with E-state index in [9.17, 15) is 10.2 Å². The van der Waals surface area contributed by atoms with E-state index in [1.807, 2.05) is 0 Å². The van der Waals surface area contributed by atoms with E-state index in [0.29, 0.717) is 30.9 Å². The molecule has 2 fully saturated rings. The minimum Gasteiger partial charge on any atom is -0.389 e. The fraction of sp³-hybridized carbons (Fsp3) is 0.706. The lowest BCUT2D eigenvalue weighted by molar-refractivity contribution is -0.296. The molecular formula is C34H56N14O6. The molecule has 1 saturated carbocycles. The highest BCUT2D eigenvalue weighted by molar-refractivity contribution is 5.82. The first-order chi connectivity index (χ1) is 26.4. The molecule has 20 heteroatoms. The van der Waals surface area contributed by atoms with Gasteiger partial charge < -0.3 is 72.7 Å². The maximum Gasteiger partial charge on any atom is 0.182 e. The third-order valence-corrected chi connectivity index (χ3v) is 10.1. The Morgan fingerprint density at radius 3 is 1.81 bits per heavy atom. The number of fused-ring (bicyclic) bond motifs is 2. The van der Waals surface area contributed by atoms with Crippen molar-refractivity contribution < 1.29 is 29.2 Å². The molecule has 0 spiro atoms. The van der Waals surface area contributed by atoms with Crippen LogP contribution in [0, 0.1) is 0 Å². The molecule has 0 unspecified atom stereocenters. The van der Waals surface area contributed by atoms with Gasteiger partial charge in [-0.2, -0.15) is 0 Å². The van der Waals surface area contributed by atoms with E-state index in [0.717, 1.165) is 87.1 Å². The summed E-state index contributed by atoms with van der Waals surface area (Å²) >= 11 is 0. The molecule has 4 aromatic heterocycles. The molecule has 5 heterocycles. The molecule has 1 aliphatic heterocycles. The summed E-state index contributed by atoms with van der Waals surface area (Å²) in [5, 5.41) is 28.9. The molecule has 0 amide bonds. The van der Waals surface area contributed by atoms with Gasteiger partial charge in [-0.1, -0.05) is 25.7 Å². The predicted octanol–water partition coefficient (Wildman–Crippen LogP) is -0.389. The molecule has 54 heavy (non-hydrogen) atoms. The average Bonchev–Trinajstić information content (AvgIpc) is 3.87. The maximum absolute atomic E-state index is 11.2. The number of imidazole rings is 2. The summed E-state index contributed by atoms with van der Waals surface area (Å²) in [6.07, 6.45) is 7.57. The monoisotopic (exact) mass is 756 g/mol. The molecule has 14 N–H and O–H groups in total. The van der Waals surface area contributed by atoms with Crippen LogP contribution in [-0.2, 0) is 18.9 Å². The Hall–Kier alpha value is -3.70. The van der Waals surface area contributed by atoms with Gasteiger partial charge in [-0.3, -0.25) is 0 Å². The SMILES string of the molecule is NC[C@H]1O[C@H](O[C@H]2[C@H](OCCCCCCNc3ncnc4nc[nH]c34)[C@@H](O)[C@H](N)C[C@@H]2N)[C@H](N)[C@@H](O)[C@@H]1OCCCCCCNc1ncnc2nc[nH]c12. The number of aliphatic hydroxyl groups excluding tert-OH is 2. The van der Waals surface area contributed by atoms with Crippen LogP contribution in [-0.4, -0.2) is 144 Å². The van der Waals surface area contributed by atoms with E-state index in [1.54, 1.807) is 12.7 Å². The minimum absolute atomic E-state index is 0.0822. The molecule has 0 aromatic carbocycles. The number of anilines is 2. The number of H-pyrrole nitrogens is 2. The lowest BCUT2D eigenvalue weighted by Crippen LogP contribution is -2.68. The van der Waals surface area contributed by atoms with Gasteiger partial charge in [0.2, 0.25) is 0 Å². The van der Waals surface area contributed by atoms with Crippen molar-refractivity contribution in [3.63, 3.8) is 0 Å². The number of nitrogens with one attached hydrogen (secondary N) is 4. The van der Waals surface area contributed by atoms with Gasteiger partial charge in [0.15, 0.2) is 29.2 Å². The summed E-state index contributed by atoms with van der Waals surface area (Å²) in [5.74, 6) is 1.46. The van der Waals surface area contributed by atoms with Crippen LogP contribution >= 0.6 is 0 Å². The van der Waals surface area contributed by atoms with Crippen LogP contribution in [0.5, 0.6) is 0 Å². The van der Waals surface area contributed by atoms with Gasteiger partial charge in [0.05, 0.1) is 24.8 Å². The minimum atomic E-state index is -1.10. The Morgan fingerprint density at radius 1 is 0.685 bits per heavy atom. The topological polar surface area (TPSA) is 314 Å². The van der Waals surface area contributed by atoms with Crippen molar-refractivity contribution >= 4 is 34.0 Å². The van der Waals surface area contributed by atoms with Gasteiger partial charge in [0, 0.05) is 44.9 Å². The number of hydrogen-bond donors (Lipinski definition) is 10. The Morgan fingerprint density at radius 2 is 1.24 bits per heavy atom. The number of rotatable bonds is 21. The highest BCUT2D eigenvalue weighted by Crippen LogP contribution is 2.30. The van der Waals surface area contributed by atoms with Crippen LogP contribution in [0.3, 0.4) is 0 Å². The predicted molar refractivity (Wildman–Crippen MR) is 200 cm³/mol. The average molecular weight is 757 g/mol. The van der Waals surface area contributed by atoms with Crippen molar-refractivity contribution in [2.24, 2.45) is 22.9 Å². The van der Waals surface area contributed by atoms with Crippen molar-refractivity contribution in [2.45, 2.75) is 119 Å². The highest BCUT2D eigenvalue weighted by atomic mass is 16.7. The Balaban J connectivity index is 0.896. The van der Waals surface area contributed by atoms with Crippen molar-refractivity contribution in [1.82, 2.24) is 39.9 Å². The third-order valence-electron chi connectivity index (χ3n) is 10.1. The Bertz CT molecular complexity index is 1700. The molecule has 20 nitrogen and oxygen atoms in total. The van der Waals surface area contributed by atoms with Crippen molar-refractivity contribution in [1.29, 1.82) is 0 Å². The Kier molecular flexibility index (Phi) is 14.6. The van der Waals surface area contributed by atoms with Crippen LogP contribution in [0.4, 0.5) is 11.6 Å². The summed E-state index contributed by atoms with van der Waals surface area (Å²) in [7, 11) is 0. The second-order valence-electron chi connectivity index (χ2n) is 14.0. The zero-order valence-electron chi connectivity index (χ0n) is 30.5. The number of aromatic nitrogens is 8. The fourth-order valence-electron chi connectivity index (χ4n) is 7.07. The van der Waals surface area contributed by atoms with Crippen molar-refractivity contribution in [3.8, 4) is 0 Å². The van der Waals surface area contributed by atoms with Gasteiger partial charge in [-0.25, -0.2) is 29.9 Å². The molecular weight excluding hydrogens is 700 g/mol. The molecule has 0 radical (unpaired) electrons. The third kappa shape index (κ3) is 9.93. The zero-order chi connectivity index (χ0) is 37.9. The smallest absolute Gasteiger partial charge is 0.182 e. The first kappa shape index (κ1) is 40.0. The number of unbranched alkanes of at least 4 members (excludes halogenated alkanes) is 6. The van der Waals surface area contributed by atoms with Gasteiger partial charge in [0.25, 0.3) is 0 Å². The molecule has 1 saturated heterocycles. The van der Waals surface area contributed by atoms with Gasteiger partial charge >= 0.3 is 0 Å². The van der Waals surface area contributed by atoms with Crippen molar-refractivity contribution in [3.05, 3.63) is 25.3 Å². The van der Waals surface area contributed by atoms with Crippen molar-refractivity contribution in [2.75, 3.05) is 43.5 Å². The lowest BCUT2D eigenvalue weighted by Gasteiger charge is -2.47. The molecule has 1 aliphatic carbocycles. The van der Waals surface area contributed by atoms with E-state index in [-0.39, 0.29) is 6.54 Å². The molecule has 10 atom stereocenters. The quantitative estimate of drug-likeness (QED) is 0.0484. The lowest BCUT2D eigenvalue weighted by atomic mass is 9.84. The van der Waals surface area contributed by atoms with E-state index in [2.05, 4.69) is 50.5 Å². The summed E-state index contributed by atoms with van der Waals surface area (Å²) in [6.45, 7) is 2.38. The van der Waals surface area contributed by atoms with E-state index < -0.39 is 61.0 Å². The van der Waals surface area contributed by atoms with Crippen LogP contribution in [0.2, 0.25) is 0 Å². The number of ether oxygens (including phenoxy) is 4. The zero-order valence-corrected chi connectivity index (χ0v) is 30.5. The summed E-state index contributed by atoms with van der Waals surface area (Å²) in [6, 6.07) is -2.08. The number of nitrogens with zero attached hydrogens (tertiary/aromatic N) is 6. The number of aliphatic hydroxyl groups is 2. The van der Waals surface area contributed by atoms with Crippen LogP contribution < -0.4 is 33.6 Å². The van der Waals surface area contributed by atoms with Crippen LogP contribution in [0.15, 0.2) is 25.3 Å². The van der Waals surface area contributed by atoms with E-state index in [4.69, 9.17) is 41.9 Å². The fourth-order valence-corrected chi connectivity index (χ4v) is 7.07. The molecule has 6 rings (SSSR count). The summed E-state index contributed by atoms with van der Waals surface area (Å²) in [4.78, 5) is 31.2. The van der Waals surface area contributed by atoms with Gasteiger partial charge in [-0.15, -0.1) is 0 Å². The molecule has 2 aliphatic rings. The normalized spacial score (nSPS) is 28.9. The maximum atomic E-state index is 11.2. The standard InChI is InChI=1S/C34H56N14O6/c35-14-21-28(51-11-7-3-1-5-9-39-30-23-32(43-15-41-23)47-17-45-30)26(50)22(38)34(53-21)54-27-20(37)13-19(36)25(49)29(27)52-12-8-4-2-6-10-40-31-24-33(44-16-42-24)48-18-46-31/h15-22,25-29,34,49-50H,1-14,35-38H2,(H2,39,41,43,45,47)(H2,40,42,44,46,48)/t19-,20+,21-,22-,25+,26-,27-,28-,29-,34-/m1/s1. The largest absolute Gasteiger partial charge is 0.389 e. The first-order valence-electron chi connectivity index (χ1n) is 19.0. The Labute approximate surface area is 313 Å². The second kappa shape index (κ2) is 19.8. The van der Waals surface area contributed by atoms with E-state index >= 15 is 0 Å². The number of aromatic amines is 2. The van der Waals surface area contributed by atoms with Crippen LogP contribution in [0.1, 0.15) is 57.8 Å². The first-order valence-corrected chi connectivity index (χ1v) is 19.0.